The topological polar surface area (TPSA) is 38.3 Å². The number of ether oxygens (including phenoxy) is 1. The fourth-order valence-corrected chi connectivity index (χ4v) is 1.38. The molecule has 0 unspecified atom stereocenters. The molecule has 0 spiro atoms. The van der Waals surface area contributed by atoms with Crippen molar-refractivity contribution >= 4 is 11.5 Å². The lowest BCUT2D eigenvalue weighted by Crippen LogP contribution is -2.08. The maximum absolute atomic E-state index is 11.7. The minimum absolute atomic E-state index is 0.00939. The van der Waals surface area contributed by atoms with Gasteiger partial charge in [-0.25, -0.2) is 0 Å². The van der Waals surface area contributed by atoms with E-state index in [0.717, 1.165) is 5.69 Å². The average molecular weight is 207 g/mol. The second-order valence-electron chi connectivity index (χ2n) is 3.68. The van der Waals surface area contributed by atoms with Crippen molar-refractivity contribution in [1.82, 2.24) is 0 Å². The summed E-state index contributed by atoms with van der Waals surface area (Å²) in [5, 5.41) is 3.01. The molecule has 0 radical (unpaired) electrons. The van der Waals surface area contributed by atoms with Gasteiger partial charge < -0.3 is 10.1 Å². The molecule has 0 heterocycles. The van der Waals surface area contributed by atoms with Gasteiger partial charge in [-0.05, 0) is 18.2 Å². The molecule has 0 aromatic heterocycles. The molecule has 0 saturated carbocycles. The molecule has 0 aliphatic rings. The lowest BCUT2D eigenvalue weighted by molar-refractivity contribution is 0.0939. The van der Waals surface area contributed by atoms with Crippen LogP contribution in [0.5, 0.6) is 5.75 Å². The van der Waals surface area contributed by atoms with Crippen LogP contribution in [0.25, 0.3) is 0 Å². The van der Waals surface area contributed by atoms with E-state index >= 15 is 0 Å². The van der Waals surface area contributed by atoms with Crippen molar-refractivity contribution < 1.29 is 9.53 Å². The number of benzene rings is 1. The van der Waals surface area contributed by atoms with Gasteiger partial charge in [0, 0.05) is 18.5 Å². The summed E-state index contributed by atoms with van der Waals surface area (Å²) in [6.45, 7) is 3.78. The predicted octanol–water partition coefficient (Wildman–Crippen LogP) is 2.58. The van der Waals surface area contributed by atoms with Crippen LogP contribution in [0.2, 0.25) is 0 Å². The summed E-state index contributed by atoms with van der Waals surface area (Å²) in [5.41, 5.74) is 1.58. The summed E-state index contributed by atoms with van der Waals surface area (Å²) < 4.78 is 5.19. The minimum atomic E-state index is 0.00939. The Kier molecular flexibility index (Phi) is 3.72. The highest BCUT2D eigenvalue weighted by Gasteiger charge is 2.12. The second kappa shape index (κ2) is 4.82. The van der Waals surface area contributed by atoms with Gasteiger partial charge in [0.05, 0.1) is 12.8 Å². The number of nitrogens with one attached hydrogen (secondary N) is 1. The quantitative estimate of drug-likeness (QED) is 0.771. The average Bonchev–Trinajstić information content (AvgIpc) is 2.26. The molecule has 15 heavy (non-hydrogen) atoms. The number of carbonyl (C=O) groups is 1. The van der Waals surface area contributed by atoms with E-state index in [-0.39, 0.29) is 11.7 Å². The van der Waals surface area contributed by atoms with E-state index in [2.05, 4.69) is 5.32 Å². The van der Waals surface area contributed by atoms with Crippen molar-refractivity contribution in [2.24, 2.45) is 5.92 Å². The Morgan fingerprint density at radius 3 is 2.53 bits per heavy atom. The zero-order valence-electron chi connectivity index (χ0n) is 9.63. The molecule has 3 nitrogen and oxygen atoms in total. The Morgan fingerprint density at radius 1 is 1.40 bits per heavy atom. The number of Topliss-reactive ketones (excluding diaryl/α,β-unsaturated/α-hetero) is 1. The third-order valence-electron chi connectivity index (χ3n) is 2.28. The molecule has 0 aliphatic heterocycles. The van der Waals surface area contributed by atoms with E-state index < -0.39 is 0 Å². The number of anilines is 1. The molecule has 0 saturated heterocycles. The van der Waals surface area contributed by atoms with E-state index in [1.807, 2.05) is 33.0 Å². The first-order valence-corrected chi connectivity index (χ1v) is 5.00. The van der Waals surface area contributed by atoms with Gasteiger partial charge in [-0.15, -0.1) is 0 Å². The fourth-order valence-electron chi connectivity index (χ4n) is 1.38. The first kappa shape index (κ1) is 11.6. The molecule has 0 atom stereocenters. The zero-order valence-corrected chi connectivity index (χ0v) is 9.63. The fraction of sp³-hybridized carbons (Fsp3) is 0.417. The molecular weight excluding hydrogens is 190 g/mol. The Bertz CT molecular complexity index is 359. The van der Waals surface area contributed by atoms with Crippen LogP contribution >= 0.6 is 0 Å². The highest BCUT2D eigenvalue weighted by Crippen LogP contribution is 2.25. The zero-order chi connectivity index (χ0) is 11.4. The Balaban J connectivity index is 3.08. The van der Waals surface area contributed by atoms with E-state index in [1.54, 1.807) is 13.2 Å². The molecular formula is C12H17NO2. The number of methoxy groups -OCH3 is 1. The molecule has 3 heteroatoms. The lowest BCUT2D eigenvalue weighted by atomic mass is 10.0. The largest absolute Gasteiger partial charge is 0.495 e. The maximum Gasteiger partial charge on any atom is 0.165 e. The SMILES string of the molecule is CNc1ccc(C(=O)C(C)C)cc1OC. The number of hydrogen-bond donors (Lipinski definition) is 1. The van der Waals surface area contributed by atoms with Gasteiger partial charge in [-0.2, -0.15) is 0 Å². The summed E-state index contributed by atoms with van der Waals surface area (Å²) in [5.74, 6) is 0.843. The predicted molar refractivity (Wildman–Crippen MR) is 61.7 cm³/mol. The van der Waals surface area contributed by atoms with Crippen molar-refractivity contribution in [2.75, 3.05) is 19.5 Å². The van der Waals surface area contributed by atoms with Gasteiger partial charge >= 0.3 is 0 Å². The second-order valence-corrected chi connectivity index (χ2v) is 3.68. The summed E-state index contributed by atoms with van der Waals surface area (Å²) in [7, 11) is 3.42. The minimum Gasteiger partial charge on any atom is -0.495 e. The third kappa shape index (κ3) is 2.49. The molecule has 0 amide bonds. The standard InChI is InChI=1S/C12H17NO2/c1-8(2)12(14)9-5-6-10(13-3)11(7-9)15-4/h5-8,13H,1-4H3. The first-order chi connectivity index (χ1) is 7.10. The highest BCUT2D eigenvalue weighted by atomic mass is 16.5. The molecule has 82 valence electrons. The van der Waals surface area contributed by atoms with Gasteiger partial charge in [-0.1, -0.05) is 13.8 Å². The molecule has 1 aromatic rings. The Labute approximate surface area is 90.4 Å². The molecule has 0 fully saturated rings. The van der Waals surface area contributed by atoms with Crippen LogP contribution in [0.15, 0.2) is 18.2 Å². The molecule has 0 aliphatic carbocycles. The molecule has 1 N–H and O–H groups in total. The van der Waals surface area contributed by atoms with E-state index in [4.69, 9.17) is 4.74 Å². The maximum atomic E-state index is 11.7. The van der Waals surface area contributed by atoms with Crippen LogP contribution in [-0.2, 0) is 0 Å². The summed E-state index contributed by atoms with van der Waals surface area (Å²) in [6, 6.07) is 5.44. The van der Waals surface area contributed by atoms with Crippen molar-refractivity contribution in [3.63, 3.8) is 0 Å². The van der Waals surface area contributed by atoms with Crippen LogP contribution in [0.3, 0.4) is 0 Å². The van der Waals surface area contributed by atoms with Gasteiger partial charge in [0.25, 0.3) is 0 Å². The van der Waals surface area contributed by atoms with Crippen LogP contribution in [0.1, 0.15) is 24.2 Å². The van der Waals surface area contributed by atoms with Gasteiger partial charge in [0.15, 0.2) is 5.78 Å². The van der Waals surface area contributed by atoms with Gasteiger partial charge in [-0.3, -0.25) is 4.79 Å². The lowest BCUT2D eigenvalue weighted by Gasteiger charge is -2.10. The number of carbonyl (C=O) groups excluding carboxylic acids is 1. The van der Waals surface area contributed by atoms with Crippen LogP contribution in [-0.4, -0.2) is 19.9 Å². The van der Waals surface area contributed by atoms with Gasteiger partial charge in [0.2, 0.25) is 0 Å². The van der Waals surface area contributed by atoms with E-state index in [9.17, 15) is 4.79 Å². The van der Waals surface area contributed by atoms with Crippen molar-refractivity contribution in [2.45, 2.75) is 13.8 Å². The Morgan fingerprint density at radius 2 is 2.07 bits per heavy atom. The number of hydrogen-bond acceptors (Lipinski definition) is 3. The van der Waals surface area contributed by atoms with Crippen LogP contribution < -0.4 is 10.1 Å². The smallest absolute Gasteiger partial charge is 0.165 e. The monoisotopic (exact) mass is 207 g/mol. The molecule has 1 rings (SSSR count). The summed E-state index contributed by atoms with van der Waals surface area (Å²) in [4.78, 5) is 11.7. The van der Waals surface area contributed by atoms with E-state index in [1.165, 1.54) is 0 Å². The van der Waals surface area contributed by atoms with Crippen molar-refractivity contribution in [3.05, 3.63) is 23.8 Å². The van der Waals surface area contributed by atoms with Crippen molar-refractivity contribution in [3.8, 4) is 5.75 Å². The number of ketones is 1. The highest BCUT2D eigenvalue weighted by molar-refractivity contribution is 5.98. The van der Waals surface area contributed by atoms with E-state index in [0.29, 0.717) is 11.3 Å². The molecule has 1 aromatic carbocycles. The summed E-state index contributed by atoms with van der Waals surface area (Å²) in [6.07, 6.45) is 0. The number of rotatable bonds is 4. The first-order valence-electron chi connectivity index (χ1n) is 5.00. The van der Waals surface area contributed by atoms with Crippen LogP contribution in [0, 0.1) is 5.92 Å². The third-order valence-corrected chi connectivity index (χ3v) is 2.28. The van der Waals surface area contributed by atoms with Crippen LogP contribution in [0.4, 0.5) is 5.69 Å². The Hall–Kier alpha value is -1.51. The van der Waals surface area contributed by atoms with Crippen molar-refractivity contribution in [1.29, 1.82) is 0 Å². The van der Waals surface area contributed by atoms with Gasteiger partial charge in [0.1, 0.15) is 5.75 Å². The molecule has 0 bridgehead atoms. The normalized spacial score (nSPS) is 10.2. The summed E-state index contributed by atoms with van der Waals surface area (Å²) >= 11 is 0.